The molecule has 0 heterocycles. The first-order valence-corrected chi connectivity index (χ1v) is 6.42. The van der Waals surface area contributed by atoms with Crippen LogP contribution in [0, 0.1) is 11.8 Å². The standard InChI is InChI=1S/C15H22O3/c1-12(2)8-14(10-16)9-15(17)18-11-13-6-4-3-5-7-13/h3-7,12,14,16H,8-11H2,1-2H3. The van der Waals surface area contributed by atoms with Crippen LogP contribution in [-0.4, -0.2) is 17.7 Å². The van der Waals surface area contributed by atoms with Crippen LogP contribution in [0.15, 0.2) is 30.3 Å². The second-order valence-electron chi connectivity index (χ2n) is 5.03. The molecule has 0 aliphatic heterocycles. The van der Waals surface area contributed by atoms with Crippen LogP contribution in [-0.2, 0) is 16.1 Å². The summed E-state index contributed by atoms with van der Waals surface area (Å²) < 4.78 is 5.19. The van der Waals surface area contributed by atoms with Gasteiger partial charge in [0.2, 0.25) is 0 Å². The molecule has 1 aromatic rings. The highest BCUT2D eigenvalue weighted by Gasteiger charge is 2.15. The molecule has 0 aliphatic carbocycles. The molecule has 0 radical (unpaired) electrons. The highest BCUT2D eigenvalue weighted by atomic mass is 16.5. The van der Waals surface area contributed by atoms with E-state index in [4.69, 9.17) is 4.74 Å². The SMILES string of the molecule is CC(C)CC(CO)CC(=O)OCc1ccccc1. The molecule has 100 valence electrons. The molecule has 0 bridgehead atoms. The molecule has 0 aliphatic rings. The Balaban J connectivity index is 2.32. The molecule has 1 unspecified atom stereocenters. The van der Waals surface area contributed by atoms with Gasteiger partial charge in [0, 0.05) is 6.61 Å². The van der Waals surface area contributed by atoms with Crippen molar-refractivity contribution < 1.29 is 14.6 Å². The van der Waals surface area contributed by atoms with Gasteiger partial charge >= 0.3 is 5.97 Å². The van der Waals surface area contributed by atoms with Crippen LogP contribution in [0.4, 0.5) is 0 Å². The number of esters is 1. The number of carbonyl (C=O) groups excluding carboxylic acids is 1. The van der Waals surface area contributed by atoms with Gasteiger partial charge in [-0.3, -0.25) is 4.79 Å². The van der Waals surface area contributed by atoms with Crippen LogP contribution in [0.5, 0.6) is 0 Å². The van der Waals surface area contributed by atoms with Gasteiger partial charge in [0.1, 0.15) is 6.61 Å². The van der Waals surface area contributed by atoms with E-state index in [0.29, 0.717) is 18.9 Å². The molecule has 0 amide bonds. The monoisotopic (exact) mass is 250 g/mol. The largest absolute Gasteiger partial charge is 0.461 e. The Morgan fingerprint density at radius 3 is 2.50 bits per heavy atom. The maximum atomic E-state index is 11.6. The van der Waals surface area contributed by atoms with E-state index in [9.17, 15) is 9.90 Å². The lowest BCUT2D eigenvalue weighted by molar-refractivity contribution is -0.146. The minimum absolute atomic E-state index is 0.00766. The number of hydrogen-bond acceptors (Lipinski definition) is 3. The molecule has 0 fully saturated rings. The quantitative estimate of drug-likeness (QED) is 0.757. The molecule has 0 spiro atoms. The Labute approximate surface area is 109 Å². The molecule has 1 N–H and O–H groups in total. The van der Waals surface area contributed by atoms with Gasteiger partial charge in [-0.1, -0.05) is 44.2 Å². The average molecular weight is 250 g/mol. The lowest BCUT2D eigenvalue weighted by atomic mass is 9.95. The van der Waals surface area contributed by atoms with E-state index in [1.807, 2.05) is 30.3 Å². The number of aliphatic hydroxyl groups is 1. The summed E-state index contributed by atoms with van der Waals surface area (Å²) in [6, 6.07) is 9.60. The molecule has 1 atom stereocenters. The molecule has 0 saturated carbocycles. The zero-order valence-corrected chi connectivity index (χ0v) is 11.1. The van der Waals surface area contributed by atoms with E-state index >= 15 is 0 Å². The van der Waals surface area contributed by atoms with Crippen molar-refractivity contribution in [2.24, 2.45) is 11.8 Å². The summed E-state index contributed by atoms with van der Waals surface area (Å²) in [7, 11) is 0. The smallest absolute Gasteiger partial charge is 0.306 e. The number of aliphatic hydroxyl groups excluding tert-OH is 1. The summed E-state index contributed by atoms with van der Waals surface area (Å²) in [5.41, 5.74) is 0.982. The highest BCUT2D eigenvalue weighted by Crippen LogP contribution is 2.15. The lowest BCUT2D eigenvalue weighted by Crippen LogP contribution is -2.16. The van der Waals surface area contributed by atoms with Crippen molar-refractivity contribution in [3.8, 4) is 0 Å². The fourth-order valence-electron chi connectivity index (χ4n) is 1.92. The fourth-order valence-corrected chi connectivity index (χ4v) is 1.92. The van der Waals surface area contributed by atoms with Crippen molar-refractivity contribution in [3.05, 3.63) is 35.9 Å². The van der Waals surface area contributed by atoms with E-state index in [1.54, 1.807) is 0 Å². The molecule has 18 heavy (non-hydrogen) atoms. The third-order valence-electron chi connectivity index (χ3n) is 2.76. The van der Waals surface area contributed by atoms with Crippen LogP contribution in [0.25, 0.3) is 0 Å². The Kier molecular flexibility index (Phi) is 6.44. The van der Waals surface area contributed by atoms with Crippen molar-refractivity contribution in [2.75, 3.05) is 6.61 Å². The minimum atomic E-state index is -0.237. The summed E-state index contributed by atoms with van der Waals surface area (Å²) in [6.45, 7) is 4.51. The number of carbonyl (C=O) groups is 1. The summed E-state index contributed by atoms with van der Waals surface area (Å²) in [5.74, 6) is 0.246. The molecule has 0 saturated heterocycles. The first-order chi connectivity index (χ1) is 8.61. The second kappa shape index (κ2) is 7.88. The van der Waals surface area contributed by atoms with Crippen LogP contribution < -0.4 is 0 Å². The van der Waals surface area contributed by atoms with Crippen LogP contribution in [0.3, 0.4) is 0 Å². The Morgan fingerprint density at radius 2 is 1.94 bits per heavy atom. The fraction of sp³-hybridized carbons (Fsp3) is 0.533. The number of benzene rings is 1. The molecule has 3 heteroatoms. The normalized spacial score (nSPS) is 12.4. The predicted molar refractivity (Wildman–Crippen MR) is 70.9 cm³/mol. The molecule has 1 rings (SSSR count). The summed E-state index contributed by atoms with van der Waals surface area (Å²) >= 11 is 0. The Morgan fingerprint density at radius 1 is 1.28 bits per heavy atom. The highest BCUT2D eigenvalue weighted by molar-refractivity contribution is 5.69. The second-order valence-corrected chi connectivity index (χ2v) is 5.03. The first kappa shape index (κ1) is 14.7. The number of rotatable bonds is 7. The van der Waals surface area contributed by atoms with Gasteiger partial charge in [-0.25, -0.2) is 0 Å². The third kappa shape index (κ3) is 5.82. The van der Waals surface area contributed by atoms with E-state index in [1.165, 1.54) is 0 Å². The van der Waals surface area contributed by atoms with Crippen LogP contribution >= 0.6 is 0 Å². The van der Waals surface area contributed by atoms with Crippen molar-refractivity contribution in [1.29, 1.82) is 0 Å². The van der Waals surface area contributed by atoms with E-state index in [2.05, 4.69) is 13.8 Å². The minimum Gasteiger partial charge on any atom is -0.461 e. The van der Waals surface area contributed by atoms with Crippen molar-refractivity contribution in [1.82, 2.24) is 0 Å². The van der Waals surface area contributed by atoms with Gasteiger partial charge in [-0.2, -0.15) is 0 Å². The molecule has 3 nitrogen and oxygen atoms in total. The zero-order chi connectivity index (χ0) is 13.4. The zero-order valence-electron chi connectivity index (χ0n) is 11.1. The summed E-state index contributed by atoms with van der Waals surface area (Å²) in [6.07, 6.45) is 1.14. The third-order valence-corrected chi connectivity index (χ3v) is 2.76. The lowest BCUT2D eigenvalue weighted by Gasteiger charge is -2.15. The number of hydrogen-bond donors (Lipinski definition) is 1. The topological polar surface area (TPSA) is 46.5 Å². The number of ether oxygens (including phenoxy) is 1. The maximum absolute atomic E-state index is 11.6. The van der Waals surface area contributed by atoms with Crippen molar-refractivity contribution in [3.63, 3.8) is 0 Å². The van der Waals surface area contributed by atoms with E-state index in [0.717, 1.165) is 12.0 Å². The van der Waals surface area contributed by atoms with Gasteiger partial charge in [-0.15, -0.1) is 0 Å². The maximum Gasteiger partial charge on any atom is 0.306 e. The van der Waals surface area contributed by atoms with Crippen LogP contribution in [0.1, 0.15) is 32.3 Å². The van der Waals surface area contributed by atoms with Crippen molar-refractivity contribution in [2.45, 2.75) is 33.3 Å². The van der Waals surface area contributed by atoms with Gasteiger partial charge in [0.15, 0.2) is 0 Å². The van der Waals surface area contributed by atoms with Gasteiger partial charge in [0.05, 0.1) is 6.42 Å². The molecule has 0 aromatic heterocycles. The summed E-state index contributed by atoms with van der Waals surface area (Å²) in [4.78, 5) is 11.6. The predicted octanol–water partition coefficient (Wildman–Crippen LogP) is 2.77. The Hall–Kier alpha value is -1.35. The molecular weight excluding hydrogens is 228 g/mol. The summed E-state index contributed by atoms with van der Waals surface area (Å²) in [5, 5.41) is 9.20. The first-order valence-electron chi connectivity index (χ1n) is 6.42. The van der Waals surface area contributed by atoms with E-state index in [-0.39, 0.29) is 18.5 Å². The molecule has 1 aromatic carbocycles. The average Bonchev–Trinajstić information content (AvgIpc) is 2.36. The van der Waals surface area contributed by atoms with Crippen LogP contribution in [0.2, 0.25) is 0 Å². The van der Waals surface area contributed by atoms with Gasteiger partial charge in [0.25, 0.3) is 0 Å². The van der Waals surface area contributed by atoms with Crippen molar-refractivity contribution >= 4 is 5.97 Å². The van der Waals surface area contributed by atoms with Gasteiger partial charge in [-0.05, 0) is 23.8 Å². The van der Waals surface area contributed by atoms with Gasteiger partial charge < -0.3 is 9.84 Å². The molecular formula is C15H22O3. The Bertz CT molecular complexity index is 346. The van der Waals surface area contributed by atoms with E-state index < -0.39 is 0 Å².